The van der Waals surface area contributed by atoms with Crippen molar-refractivity contribution < 1.29 is 14.4 Å². The van der Waals surface area contributed by atoms with Crippen LogP contribution in [0.2, 0.25) is 5.02 Å². The van der Waals surface area contributed by atoms with Crippen molar-refractivity contribution >= 4 is 17.4 Å². The Morgan fingerprint density at radius 1 is 1.20 bits per heavy atom. The van der Waals surface area contributed by atoms with Crippen molar-refractivity contribution in [3.8, 4) is 28.4 Å². The van der Waals surface area contributed by atoms with E-state index < -0.39 is 6.10 Å². The predicted molar refractivity (Wildman–Crippen MR) is 158 cm³/mol. The number of likely N-dealkylation sites (tertiary alicyclic amines) is 1. The maximum atomic E-state index is 10.3. The molecule has 40 heavy (non-hydrogen) atoms. The average molecular weight is 569 g/mol. The van der Waals surface area contributed by atoms with Crippen LogP contribution in [0, 0.1) is 20.8 Å². The van der Waals surface area contributed by atoms with E-state index >= 15 is 0 Å². The highest BCUT2D eigenvalue weighted by Gasteiger charge is 2.36. The number of hydrogen-bond acceptors (Lipinski definition) is 9. The number of likely N-dealkylation sites (N-methyl/N-ethyl adjacent to an activating group) is 1. The molecule has 3 atom stereocenters. The molecule has 3 heterocycles. The van der Waals surface area contributed by atoms with E-state index in [4.69, 9.17) is 30.8 Å². The molecule has 1 saturated carbocycles. The molecule has 10 heteroatoms. The van der Waals surface area contributed by atoms with E-state index in [1.807, 2.05) is 45.8 Å². The number of nitrogens with zero attached hydrogens (tertiary/aromatic N) is 5. The lowest BCUT2D eigenvalue weighted by Crippen LogP contribution is -2.46. The second kappa shape index (κ2) is 12.0. The maximum absolute atomic E-state index is 10.3. The van der Waals surface area contributed by atoms with Gasteiger partial charge in [0.25, 0.3) is 0 Å². The molecular formula is C30H41ClN6O3. The molecule has 1 aliphatic heterocycles. The summed E-state index contributed by atoms with van der Waals surface area (Å²) >= 11 is 6.71. The first-order valence-corrected chi connectivity index (χ1v) is 14.6. The van der Waals surface area contributed by atoms with E-state index in [0.717, 1.165) is 53.8 Å². The third-order valence-electron chi connectivity index (χ3n) is 7.90. The zero-order chi connectivity index (χ0) is 28.6. The molecule has 5 rings (SSSR count). The smallest absolute Gasteiger partial charge is 0.163 e. The molecule has 216 valence electrons. The van der Waals surface area contributed by atoms with Crippen molar-refractivity contribution in [3.05, 3.63) is 40.2 Å². The summed E-state index contributed by atoms with van der Waals surface area (Å²) in [7, 11) is 3.83. The highest BCUT2D eigenvalue weighted by atomic mass is 35.5. The van der Waals surface area contributed by atoms with Gasteiger partial charge in [0, 0.05) is 42.3 Å². The highest BCUT2D eigenvalue weighted by Crippen LogP contribution is 2.37. The van der Waals surface area contributed by atoms with Gasteiger partial charge in [0.05, 0.1) is 22.0 Å². The molecule has 2 aromatic heterocycles. The van der Waals surface area contributed by atoms with E-state index in [-0.39, 0.29) is 6.61 Å². The third kappa shape index (κ3) is 6.43. The minimum absolute atomic E-state index is 0.170. The minimum Gasteiger partial charge on any atom is -0.491 e. The first kappa shape index (κ1) is 28.8. The van der Waals surface area contributed by atoms with Crippen molar-refractivity contribution in [2.45, 2.75) is 77.6 Å². The van der Waals surface area contributed by atoms with E-state index in [9.17, 15) is 5.11 Å². The average Bonchev–Trinajstić information content (AvgIpc) is 3.68. The number of aliphatic hydroxyl groups is 1. The van der Waals surface area contributed by atoms with Gasteiger partial charge in [0.2, 0.25) is 0 Å². The van der Waals surface area contributed by atoms with Crippen LogP contribution in [0.4, 0.5) is 5.82 Å². The van der Waals surface area contributed by atoms with Crippen molar-refractivity contribution in [2.75, 3.05) is 39.1 Å². The van der Waals surface area contributed by atoms with Crippen LogP contribution in [-0.2, 0) is 0 Å². The topological polar surface area (TPSA) is 99.8 Å². The maximum Gasteiger partial charge on any atom is 0.163 e. The summed E-state index contributed by atoms with van der Waals surface area (Å²) in [6.45, 7) is 9.99. The number of anilines is 1. The summed E-state index contributed by atoms with van der Waals surface area (Å²) < 4.78 is 11.4. The standard InChI is InChI=1S/C30H41ClN6O3/c1-17-13-21(11-12-37(17)22-7-8-22)32-29-18(2)28(27-19(3)35-40-20(27)4)33-30(34-29)25-14-24(9-10-26(25)31)39-16-23(38)15-36(5)6/h9-10,14,17,21-23,38H,7-8,11-13,15-16H2,1-6H3,(H,32,33,34). The number of piperidine rings is 1. The Bertz CT molecular complexity index is 1320. The molecule has 2 fully saturated rings. The number of nitrogens with one attached hydrogen (secondary N) is 1. The van der Waals surface area contributed by atoms with Crippen LogP contribution in [0.25, 0.3) is 22.6 Å². The summed E-state index contributed by atoms with van der Waals surface area (Å²) in [5.74, 6) is 2.59. The number of ether oxygens (including phenoxy) is 1. The fourth-order valence-electron chi connectivity index (χ4n) is 5.74. The van der Waals surface area contributed by atoms with Crippen LogP contribution in [0.15, 0.2) is 22.7 Å². The Hall–Kier alpha value is -2.72. The van der Waals surface area contributed by atoms with E-state index in [1.54, 1.807) is 12.1 Å². The quantitative estimate of drug-likeness (QED) is 0.346. The van der Waals surface area contributed by atoms with Crippen LogP contribution in [0.3, 0.4) is 0 Å². The van der Waals surface area contributed by atoms with Gasteiger partial charge in [-0.15, -0.1) is 0 Å². The van der Waals surface area contributed by atoms with Crippen LogP contribution < -0.4 is 10.1 Å². The van der Waals surface area contributed by atoms with Gasteiger partial charge in [0.15, 0.2) is 5.82 Å². The van der Waals surface area contributed by atoms with Gasteiger partial charge in [-0.3, -0.25) is 4.90 Å². The van der Waals surface area contributed by atoms with Crippen LogP contribution in [0.5, 0.6) is 5.75 Å². The van der Waals surface area contributed by atoms with Crippen LogP contribution >= 0.6 is 11.6 Å². The Morgan fingerprint density at radius 3 is 2.62 bits per heavy atom. The van der Waals surface area contributed by atoms with Crippen LogP contribution in [-0.4, -0.2) is 88.1 Å². The van der Waals surface area contributed by atoms with Crippen molar-refractivity contribution in [3.63, 3.8) is 0 Å². The first-order chi connectivity index (χ1) is 19.1. The Morgan fingerprint density at radius 2 is 1.98 bits per heavy atom. The Labute approximate surface area is 241 Å². The van der Waals surface area contributed by atoms with Crippen molar-refractivity contribution in [1.82, 2.24) is 24.9 Å². The SMILES string of the molecule is Cc1noc(C)c1-c1nc(-c2cc(OCC(O)CN(C)C)ccc2Cl)nc(NC2CCN(C3CC3)C(C)C2)c1C. The molecule has 0 bridgehead atoms. The molecule has 3 aromatic rings. The molecule has 0 radical (unpaired) electrons. The summed E-state index contributed by atoms with van der Waals surface area (Å²) in [5.41, 5.74) is 4.04. The molecule has 0 amide bonds. The number of benzene rings is 1. The predicted octanol–water partition coefficient (Wildman–Crippen LogP) is 5.11. The van der Waals surface area contributed by atoms with Gasteiger partial charge >= 0.3 is 0 Å². The van der Waals surface area contributed by atoms with Crippen molar-refractivity contribution in [2.24, 2.45) is 0 Å². The largest absolute Gasteiger partial charge is 0.491 e. The summed E-state index contributed by atoms with van der Waals surface area (Å²) in [4.78, 5) is 14.6. The highest BCUT2D eigenvalue weighted by molar-refractivity contribution is 6.33. The number of halogens is 1. The summed E-state index contributed by atoms with van der Waals surface area (Å²) in [6, 6.07) is 7.04. The van der Waals surface area contributed by atoms with Gasteiger partial charge in [0.1, 0.15) is 30.0 Å². The molecule has 1 aromatic carbocycles. The first-order valence-electron chi connectivity index (χ1n) is 14.2. The third-order valence-corrected chi connectivity index (χ3v) is 8.23. The monoisotopic (exact) mass is 568 g/mol. The van der Waals surface area contributed by atoms with E-state index in [1.165, 1.54) is 12.8 Å². The van der Waals surface area contributed by atoms with Gasteiger partial charge in [-0.05, 0) is 85.7 Å². The molecule has 2 aliphatic rings. The second-order valence-electron chi connectivity index (χ2n) is 11.6. The molecule has 1 aliphatic carbocycles. The van der Waals surface area contributed by atoms with Gasteiger partial charge < -0.3 is 24.6 Å². The Balaban J connectivity index is 1.48. The van der Waals surface area contributed by atoms with Crippen LogP contribution in [0.1, 0.15) is 49.6 Å². The molecular weight excluding hydrogens is 528 g/mol. The van der Waals surface area contributed by atoms with E-state index in [2.05, 4.69) is 22.3 Å². The van der Waals surface area contributed by atoms with Gasteiger partial charge in [-0.2, -0.15) is 0 Å². The molecule has 2 N–H and O–H groups in total. The number of hydrogen-bond donors (Lipinski definition) is 2. The van der Waals surface area contributed by atoms with E-state index in [0.29, 0.717) is 46.5 Å². The number of aliphatic hydroxyl groups excluding tert-OH is 1. The van der Waals surface area contributed by atoms with Gasteiger partial charge in [-0.1, -0.05) is 16.8 Å². The fourth-order valence-corrected chi connectivity index (χ4v) is 5.94. The molecule has 1 saturated heterocycles. The number of rotatable bonds is 10. The summed E-state index contributed by atoms with van der Waals surface area (Å²) in [6.07, 6.45) is 4.18. The second-order valence-corrected chi connectivity index (χ2v) is 12.0. The van der Waals surface area contributed by atoms with Gasteiger partial charge in [-0.25, -0.2) is 9.97 Å². The zero-order valence-corrected chi connectivity index (χ0v) is 25.1. The normalized spacial score (nSPS) is 20.6. The number of aryl methyl sites for hydroxylation is 2. The lowest BCUT2D eigenvalue weighted by Gasteiger charge is -2.38. The Kier molecular flexibility index (Phi) is 8.66. The lowest BCUT2D eigenvalue weighted by molar-refractivity contribution is 0.0831. The number of aromatic nitrogens is 3. The zero-order valence-electron chi connectivity index (χ0n) is 24.4. The minimum atomic E-state index is -0.611. The molecule has 0 spiro atoms. The van der Waals surface area contributed by atoms with Crippen molar-refractivity contribution in [1.29, 1.82) is 0 Å². The molecule has 9 nitrogen and oxygen atoms in total. The lowest BCUT2D eigenvalue weighted by atomic mass is 9.97. The molecule has 3 unspecified atom stereocenters. The fraction of sp³-hybridized carbons (Fsp3) is 0.567. The summed E-state index contributed by atoms with van der Waals surface area (Å²) in [5, 5.41) is 18.7.